The summed E-state index contributed by atoms with van der Waals surface area (Å²) in [7, 11) is 0. The Balaban J connectivity index is 2.29. The number of nitrogens with zero attached hydrogens (tertiary/aromatic N) is 1. The van der Waals surface area contributed by atoms with Crippen LogP contribution in [0.3, 0.4) is 0 Å². The lowest BCUT2D eigenvalue weighted by molar-refractivity contribution is 0.128. The molecule has 0 saturated heterocycles. The van der Waals surface area contributed by atoms with Crippen LogP contribution >= 0.6 is 0 Å². The molecule has 0 bridgehead atoms. The highest BCUT2D eigenvalue weighted by molar-refractivity contribution is 5.58. The molecule has 0 aliphatic carbocycles. The summed E-state index contributed by atoms with van der Waals surface area (Å²) in [4.78, 5) is 4.27. The van der Waals surface area contributed by atoms with E-state index in [4.69, 9.17) is 0 Å². The molecule has 1 aliphatic rings. The highest BCUT2D eigenvalue weighted by atomic mass is 16.3. The predicted molar refractivity (Wildman–Crippen MR) is 47.0 cm³/mol. The van der Waals surface area contributed by atoms with Gasteiger partial charge in [0.15, 0.2) is 0 Å². The maximum Gasteiger partial charge on any atom is 0.0766 e. The van der Waals surface area contributed by atoms with Crippen molar-refractivity contribution in [3.05, 3.63) is 0 Å². The Labute approximate surface area is 68.3 Å². The minimum absolute atomic E-state index is 0.174. The van der Waals surface area contributed by atoms with Gasteiger partial charge in [0.25, 0.3) is 0 Å². The first-order valence-electron chi connectivity index (χ1n) is 4.54. The van der Waals surface area contributed by atoms with Crippen molar-refractivity contribution in [1.82, 2.24) is 0 Å². The predicted octanol–water partition coefficient (Wildman–Crippen LogP) is 1.77. The van der Waals surface area contributed by atoms with Gasteiger partial charge in [0.05, 0.1) is 12.1 Å². The molecule has 0 aromatic rings. The van der Waals surface area contributed by atoms with E-state index in [1.807, 2.05) is 6.21 Å². The maximum atomic E-state index is 9.48. The average molecular weight is 155 g/mol. The summed E-state index contributed by atoms with van der Waals surface area (Å²) in [5.41, 5.74) is 0. The SMILES string of the molecule is CCCCC1N=CCCC1O. The molecule has 0 saturated carbocycles. The molecule has 0 aromatic carbocycles. The van der Waals surface area contributed by atoms with Gasteiger partial charge in [0.1, 0.15) is 0 Å². The molecule has 1 aliphatic heterocycles. The van der Waals surface area contributed by atoms with E-state index in [2.05, 4.69) is 11.9 Å². The molecule has 0 radical (unpaired) electrons. The van der Waals surface area contributed by atoms with Crippen LogP contribution < -0.4 is 0 Å². The molecule has 2 unspecified atom stereocenters. The number of unbranched alkanes of at least 4 members (excludes halogenated alkanes) is 1. The lowest BCUT2D eigenvalue weighted by atomic mass is 9.99. The molecule has 2 heteroatoms. The van der Waals surface area contributed by atoms with E-state index in [1.54, 1.807) is 0 Å². The molecule has 11 heavy (non-hydrogen) atoms. The zero-order chi connectivity index (χ0) is 8.10. The molecule has 0 spiro atoms. The van der Waals surface area contributed by atoms with E-state index in [0.717, 1.165) is 19.3 Å². The van der Waals surface area contributed by atoms with Crippen LogP contribution in [0.1, 0.15) is 39.0 Å². The van der Waals surface area contributed by atoms with Crippen molar-refractivity contribution in [3.63, 3.8) is 0 Å². The molecule has 0 amide bonds. The van der Waals surface area contributed by atoms with Gasteiger partial charge in [0.2, 0.25) is 0 Å². The summed E-state index contributed by atoms with van der Waals surface area (Å²) in [5.74, 6) is 0. The normalized spacial score (nSPS) is 30.7. The van der Waals surface area contributed by atoms with Gasteiger partial charge in [-0.1, -0.05) is 19.8 Å². The first-order valence-corrected chi connectivity index (χ1v) is 4.54. The topological polar surface area (TPSA) is 32.6 Å². The fourth-order valence-corrected chi connectivity index (χ4v) is 1.43. The van der Waals surface area contributed by atoms with Gasteiger partial charge < -0.3 is 5.11 Å². The minimum atomic E-state index is -0.174. The molecule has 0 aromatic heterocycles. The standard InChI is InChI=1S/C9H17NO/c1-2-3-5-8-9(11)6-4-7-10-8/h7-9,11H,2-6H2,1H3. The molecule has 1 N–H and O–H groups in total. The van der Waals surface area contributed by atoms with E-state index in [-0.39, 0.29) is 12.1 Å². The summed E-state index contributed by atoms with van der Waals surface area (Å²) >= 11 is 0. The van der Waals surface area contributed by atoms with Crippen LogP contribution in [0.25, 0.3) is 0 Å². The van der Waals surface area contributed by atoms with Crippen LogP contribution in [-0.4, -0.2) is 23.5 Å². The van der Waals surface area contributed by atoms with Gasteiger partial charge in [-0.05, 0) is 25.5 Å². The van der Waals surface area contributed by atoms with Crippen LogP contribution in [0.15, 0.2) is 4.99 Å². The molecule has 2 atom stereocenters. The minimum Gasteiger partial charge on any atom is -0.391 e. The summed E-state index contributed by atoms with van der Waals surface area (Å²) in [5, 5.41) is 9.48. The molecule has 2 nitrogen and oxygen atoms in total. The summed E-state index contributed by atoms with van der Waals surface area (Å²) in [6.07, 6.45) is 7.05. The summed E-state index contributed by atoms with van der Waals surface area (Å²) in [6, 6.07) is 0.198. The highest BCUT2D eigenvalue weighted by Crippen LogP contribution is 2.16. The second-order valence-electron chi connectivity index (χ2n) is 3.19. The van der Waals surface area contributed by atoms with Crippen LogP contribution in [0.4, 0.5) is 0 Å². The van der Waals surface area contributed by atoms with Gasteiger partial charge in [-0.3, -0.25) is 4.99 Å². The third-order valence-corrected chi connectivity index (χ3v) is 2.19. The van der Waals surface area contributed by atoms with E-state index in [1.165, 1.54) is 12.8 Å². The Morgan fingerprint density at radius 3 is 3.09 bits per heavy atom. The zero-order valence-electron chi connectivity index (χ0n) is 7.16. The van der Waals surface area contributed by atoms with Crippen LogP contribution in [-0.2, 0) is 0 Å². The highest BCUT2D eigenvalue weighted by Gasteiger charge is 2.18. The van der Waals surface area contributed by atoms with E-state index >= 15 is 0 Å². The van der Waals surface area contributed by atoms with Crippen molar-refractivity contribution in [2.24, 2.45) is 4.99 Å². The van der Waals surface area contributed by atoms with Gasteiger partial charge in [-0.25, -0.2) is 0 Å². The lowest BCUT2D eigenvalue weighted by Gasteiger charge is -2.21. The number of rotatable bonds is 3. The summed E-state index contributed by atoms with van der Waals surface area (Å²) in [6.45, 7) is 2.17. The number of hydrogen-bond donors (Lipinski definition) is 1. The Morgan fingerprint density at radius 2 is 2.45 bits per heavy atom. The molecule has 64 valence electrons. The van der Waals surface area contributed by atoms with Crippen molar-refractivity contribution in [2.75, 3.05) is 0 Å². The third-order valence-electron chi connectivity index (χ3n) is 2.19. The monoisotopic (exact) mass is 155 g/mol. The Hall–Kier alpha value is -0.370. The first-order chi connectivity index (χ1) is 5.34. The maximum absolute atomic E-state index is 9.48. The van der Waals surface area contributed by atoms with Gasteiger partial charge in [-0.2, -0.15) is 0 Å². The molecule has 0 fully saturated rings. The van der Waals surface area contributed by atoms with Crippen LogP contribution in [0.5, 0.6) is 0 Å². The molecular formula is C9H17NO. The van der Waals surface area contributed by atoms with E-state index < -0.39 is 0 Å². The van der Waals surface area contributed by atoms with Crippen molar-refractivity contribution < 1.29 is 5.11 Å². The summed E-state index contributed by atoms with van der Waals surface area (Å²) < 4.78 is 0. The van der Waals surface area contributed by atoms with Crippen LogP contribution in [0, 0.1) is 0 Å². The first kappa shape index (κ1) is 8.72. The average Bonchev–Trinajstić information content (AvgIpc) is 2.03. The number of aliphatic imine (C=N–C) groups is 1. The molecule has 1 heterocycles. The lowest BCUT2D eigenvalue weighted by Crippen LogP contribution is -2.27. The Morgan fingerprint density at radius 1 is 1.64 bits per heavy atom. The largest absolute Gasteiger partial charge is 0.391 e. The van der Waals surface area contributed by atoms with Crippen molar-refractivity contribution in [3.8, 4) is 0 Å². The zero-order valence-corrected chi connectivity index (χ0v) is 7.16. The Kier molecular flexibility index (Phi) is 3.57. The van der Waals surface area contributed by atoms with E-state index in [9.17, 15) is 5.11 Å². The van der Waals surface area contributed by atoms with E-state index in [0.29, 0.717) is 0 Å². The van der Waals surface area contributed by atoms with Crippen molar-refractivity contribution in [2.45, 2.75) is 51.2 Å². The fraction of sp³-hybridized carbons (Fsp3) is 0.889. The second-order valence-corrected chi connectivity index (χ2v) is 3.19. The smallest absolute Gasteiger partial charge is 0.0766 e. The van der Waals surface area contributed by atoms with Crippen molar-refractivity contribution >= 4 is 6.21 Å². The van der Waals surface area contributed by atoms with Crippen LogP contribution in [0.2, 0.25) is 0 Å². The molecular weight excluding hydrogens is 138 g/mol. The van der Waals surface area contributed by atoms with Gasteiger partial charge in [0, 0.05) is 0 Å². The van der Waals surface area contributed by atoms with Crippen molar-refractivity contribution in [1.29, 1.82) is 0 Å². The third kappa shape index (κ3) is 2.62. The molecule has 1 rings (SSSR count). The number of hydrogen-bond acceptors (Lipinski definition) is 2. The Bertz CT molecular complexity index is 134. The quantitative estimate of drug-likeness (QED) is 0.662. The number of aliphatic hydroxyl groups excluding tert-OH is 1. The number of aliphatic hydroxyl groups is 1. The van der Waals surface area contributed by atoms with Gasteiger partial charge in [-0.15, -0.1) is 0 Å². The second kappa shape index (κ2) is 4.50. The van der Waals surface area contributed by atoms with Gasteiger partial charge >= 0.3 is 0 Å². The fourth-order valence-electron chi connectivity index (χ4n) is 1.43.